The van der Waals surface area contributed by atoms with E-state index in [0.29, 0.717) is 15.0 Å². The first kappa shape index (κ1) is 11.8. The Morgan fingerprint density at radius 1 is 1.35 bits per heavy atom. The van der Waals surface area contributed by atoms with E-state index < -0.39 is 0 Å². The van der Waals surface area contributed by atoms with Gasteiger partial charge in [0.25, 0.3) is 0 Å². The summed E-state index contributed by atoms with van der Waals surface area (Å²) in [5.41, 5.74) is 0. The number of hydrogen-bond acceptors (Lipinski definition) is 4. The van der Waals surface area contributed by atoms with Gasteiger partial charge in [-0.25, -0.2) is 4.98 Å². The van der Waals surface area contributed by atoms with Crippen molar-refractivity contribution >= 4 is 34.5 Å². The Balaban J connectivity index is 1.95. The fourth-order valence-corrected chi connectivity index (χ4v) is 2.14. The number of rotatable bonds is 4. The summed E-state index contributed by atoms with van der Waals surface area (Å²) in [7, 11) is 0. The van der Waals surface area contributed by atoms with Gasteiger partial charge in [-0.1, -0.05) is 17.7 Å². The van der Waals surface area contributed by atoms with Crippen molar-refractivity contribution in [3.8, 4) is 0 Å². The summed E-state index contributed by atoms with van der Waals surface area (Å²) in [6, 6.07) is 8.93. The van der Waals surface area contributed by atoms with Gasteiger partial charge in [0.15, 0.2) is 5.78 Å². The molecule has 0 spiro atoms. The number of thiophene rings is 1. The van der Waals surface area contributed by atoms with E-state index in [9.17, 15) is 4.79 Å². The molecule has 0 aromatic carbocycles. The molecule has 0 aliphatic heterocycles. The lowest BCUT2D eigenvalue weighted by Gasteiger charge is -1.96. The van der Waals surface area contributed by atoms with E-state index in [1.165, 1.54) is 17.4 Å². The van der Waals surface area contributed by atoms with Crippen LogP contribution in [-0.4, -0.2) is 10.8 Å². The maximum atomic E-state index is 11.7. The predicted molar refractivity (Wildman–Crippen MR) is 70.7 cm³/mol. The van der Waals surface area contributed by atoms with E-state index in [1.807, 2.05) is 18.2 Å². The van der Waals surface area contributed by atoms with Gasteiger partial charge < -0.3 is 5.32 Å². The van der Waals surface area contributed by atoms with Crippen LogP contribution in [0.4, 0.5) is 5.82 Å². The van der Waals surface area contributed by atoms with Gasteiger partial charge in [0, 0.05) is 18.5 Å². The molecular formula is C12H9ClN2OS. The molecule has 0 fully saturated rings. The topological polar surface area (TPSA) is 42.0 Å². The zero-order valence-corrected chi connectivity index (χ0v) is 10.3. The number of halogens is 1. The standard InChI is InChI=1S/C12H9ClN2OS/c13-11-5-4-10(17-11)9(16)6-8-15-12-3-1-2-7-14-12/h1-8H,(H,14,15)/b8-6+. The first-order valence-electron chi connectivity index (χ1n) is 4.89. The second-order valence-corrected chi connectivity index (χ2v) is 4.88. The van der Waals surface area contributed by atoms with Gasteiger partial charge in [-0.2, -0.15) is 0 Å². The normalized spacial score (nSPS) is 10.6. The van der Waals surface area contributed by atoms with Crippen molar-refractivity contribution in [2.24, 2.45) is 0 Å². The third kappa shape index (κ3) is 3.41. The molecule has 0 bridgehead atoms. The van der Waals surface area contributed by atoms with Gasteiger partial charge in [0.1, 0.15) is 5.82 Å². The Hall–Kier alpha value is -1.65. The maximum absolute atomic E-state index is 11.7. The monoisotopic (exact) mass is 264 g/mol. The lowest BCUT2D eigenvalue weighted by molar-refractivity contribution is 0.105. The smallest absolute Gasteiger partial charge is 0.197 e. The highest BCUT2D eigenvalue weighted by Gasteiger charge is 2.04. The summed E-state index contributed by atoms with van der Waals surface area (Å²) in [4.78, 5) is 16.3. The summed E-state index contributed by atoms with van der Waals surface area (Å²) in [5, 5.41) is 2.91. The van der Waals surface area contributed by atoms with Gasteiger partial charge in [-0.3, -0.25) is 4.79 Å². The van der Waals surface area contributed by atoms with E-state index in [1.54, 1.807) is 24.5 Å². The molecule has 0 unspecified atom stereocenters. The molecule has 86 valence electrons. The highest BCUT2D eigenvalue weighted by atomic mass is 35.5. The fraction of sp³-hybridized carbons (Fsp3) is 0. The van der Waals surface area contributed by atoms with Crippen molar-refractivity contribution in [3.63, 3.8) is 0 Å². The van der Waals surface area contributed by atoms with Gasteiger partial charge >= 0.3 is 0 Å². The molecule has 2 rings (SSSR count). The summed E-state index contributed by atoms with van der Waals surface area (Å²) in [6.45, 7) is 0. The quantitative estimate of drug-likeness (QED) is 0.678. The van der Waals surface area contributed by atoms with E-state index in [-0.39, 0.29) is 5.78 Å². The number of pyridine rings is 1. The number of aromatic nitrogens is 1. The van der Waals surface area contributed by atoms with Gasteiger partial charge in [0.05, 0.1) is 9.21 Å². The van der Waals surface area contributed by atoms with Crippen LogP contribution in [0.15, 0.2) is 48.8 Å². The van der Waals surface area contributed by atoms with Crippen molar-refractivity contribution in [3.05, 3.63) is 58.0 Å². The van der Waals surface area contributed by atoms with Crippen LogP contribution >= 0.6 is 22.9 Å². The van der Waals surface area contributed by atoms with Crippen molar-refractivity contribution in [2.45, 2.75) is 0 Å². The SMILES string of the molecule is O=C(/C=C/Nc1ccccn1)c1ccc(Cl)s1. The molecule has 1 N–H and O–H groups in total. The van der Waals surface area contributed by atoms with Crippen LogP contribution in [0, 0.1) is 0 Å². The minimum atomic E-state index is -0.0784. The van der Waals surface area contributed by atoms with Crippen molar-refractivity contribution < 1.29 is 4.79 Å². The third-order valence-electron chi connectivity index (χ3n) is 1.95. The van der Waals surface area contributed by atoms with Crippen molar-refractivity contribution in [2.75, 3.05) is 5.32 Å². The van der Waals surface area contributed by atoms with Crippen LogP contribution in [0.2, 0.25) is 4.34 Å². The van der Waals surface area contributed by atoms with Gasteiger partial charge in [0.2, 0.25) is 0 Å². The van der Waals surface area contributed by atoms with E-state index in [0.717, 1.165) is 0 Å². The zero-order valence-electron chi connectivity index (χ0n) is 8.76. The van der Waals surface area contributed by atoms with Gasteiger partial charge in [-0.05, 0) is 24.3 Å². The van der Waals surface area contributed by atoms with E-state index in [2.05, 4.69) is 10.3 Å². The van der Waals surface area contributed by atoms with Crippen molar-refractivity contribution in [1.82, 2.24) is 4.98 Å². The van der Waals surface area contributed by atoms with Crippen LogP contribution < -0.4 is 5.32 Å². The largest absolute Gasteiger partial charge is 0.347 e. The third-order valence-corrected chi connectivity index (χ3v) is 3.19. The molecule has 0 saturated heterocycles. The van der Waals surface area contributed by atoms with Crippen LogP contribution in [0.3, 0.4) is 0 Å². The number of nitrogens with one attached hydrogen (secondary N) is 1. The molecule has 5 heteroatoms. The highest BCUT2D eigenvalue weighted by molar-refractivity contribution is 7.18. The Morgan fingerprint density at radius 3 is 2.88 bits per heavy atom. The second-order valence-electron chi connectivity index (χ2n) is 3.16. The van der Waals surface area contributed by atoms with Crippen LogP contribution in [0.1, 0.15) is 9.67 Å². The Bertz CT molecular complexity index is 536. The van der Waals surface area contributed by atoms with Crippen LogP contribution in [-0.2, 0) is 0 Å². The second kappa shape index (κ2) is 5.61. The molecule has 0 aliphatic rings. The number of allylic oxidation sites excluding steroid dienone is 1. The molecule has 0 atom stereocenters. The van der Waals surface area contributed by atoms with Crippen LogP contribution in [0.25, 0.3) is 0 Å². The number of anilines is 1. The molecule has 3 nitrogen and oxygen atoms in total. The molecule has 0 amide bonds. The number of hydrogen-bond donors (Lipinski definition) is 1. The maximum Gasteiger partial charge on any atom is 0.197 e. The predicted octanol–water partition coefficient (Wildman–Crippen LogP) is 3.61. The summed E-state index contributed by atoms with van der Waals surface area (Å²) < 4.78 is 0.611. The number of ketones is 1. The zero-order chi connectivity index (χ0) is 12.1. The average molecular weight is 265 g/mol. The first-order valence-corrected chi connectivity index (χ1v) is 6.09. The van der Waals surface area contributed by atoms with Crippen molar-refractivity contribution in [1.29, 1.82) is 0 Å². The molecule has 0 aliphatic carbocycles. The van der Waals surface area contributed by atoms with Gasteiger partial charge in [-0.15, -0.1) is 11.3 Å². The Labute approximate surface area is 108 Å². The molecular weight excluding hydrogens is 256 g/mol. The molecule has 17 heavy (non-hydrogen) atoms. The minimum Gasteiger partial charge on any atom is -0.347 e. The fourth-order valence-electron chi connectivity index (χ4n) is 1.18. The van der Waals surface area contributed by atoms with Crippen LogP contribution in [0.5, 0.6) is 0 Å². The summed E-state index contributed by atoms with van der Waals surface area (Å²) >= 11 is 7.01. The molecule has 2 aromatic heterocycles. The average Bonchev–Trinajstić information content (AvgIpc) is 2.77. The molecule has 2 aromatic rings. The highest BCUT2D eigenvalue weighted by Crippen LogP contribution is 2.21. The number of carbonyl (C=O) groups excluding carboxylic acids is 1. The molecule has 0 saturated carbocycles. The lowest BCUT2D eigenvalue weighted by atomic mass is 10.3. The minimum absolute atomic E-state index is 0.0784. The lowest BCUT2D eigenvalue weighted by Crippen LogP contribution is -1.94. The Morgan fingerprint density at radius 2 is 2.24 bits per heavy atom. The van der Waals surface area contributed by atoms with E-state index >= 15 is 0 Å². The number of nitrogens with zero attached hydrogens (tertiary/aromatic N) is 1. The van der Waals surface area contributed by atoms with E-state index in [4.69, 9.17) is 11.6 Å². The number of carbonyl (C=O) groups is 1. The summed E-state index contributed by atoms with van der Waals surface area (Å²) in [6.07, 6.45) is 4.70. The molecule has 2 heterocycles. The Kier molecular flexibility index (Phi) is 3.90. The summed E-state index contributed by atoms with van der Waals surface area (Å²) in [5.74, 6) is 0.617. The first-order chi connectivity index (χ1) is 8.25. The molecule has 0 radical (unpaired) electrons.